The topological polar surface area (TPSA) is 90.1 Å². The standard InChI is InChI=1S/C17H24N4O3/c1-10-3-15(21(23)24)19-20(10)11(2)16(22)18-17-7-12-4-13(8-17)6-14(5-12)9-17/h3,11-14H,4-9H2,1-2H3,(H,18,22). The second-order valence-corrected chi connectivity index (χ2v) is 8.21. The van der Waals surface area contributed by atoms with Crippen molar-refractivity contribution < 1.29 is 9.72 Å². The maximum Gasteiger partial charge on any atom is 0.390 e. The van der Waals surface area contributed by atoms with Crippen LogP contribution in [0.2, 0.25) is 0 Å². The van der Waals surface area contributed by atoms with E-state index in [-0.39, 0.29) is 17.3 Å². The fourth-order valence-electron chi connectivity index (χ4n) is 5.69. The van der Waals surface area contributed by atoms with E-state index in [4.69, 9.17) is 0 Å². The Bertz CT molecular complexity index is 661. The lowest BCUT2D eigenvalue weighted by molar-refractivity contribution is -0.389. The molecule has 130 valence electrons. The number of hydrogen-bond acceptors (Lipinski definition) is 4. The SMILES string of the molecule is Cc1cc([N+](=O)[O-])nn1C(C)C(=O)NC12CC3CC(CC(C3)C1)C2. The van der Waals surface area contributed by atoms with Crippen LogP contribution in [0.4, 0.5) is 5.82 Å². The maximum absolute atomic E-state index is 12.8. The Morgan fingerprint density at radius 3 is 2.33 bits per heavy atom. The van der Waals surface area contributed by atoms with E-state index in [2.05, 4.69) is 10.4 Å². The van der Waals surface area contributed by atoms with Crippen molar-refractivity contribution >= 4 is 11.7 Å². The summed E-state index contributed by atoms with van der Waals surface area (Å²) in [6.07, 6.45) is 7.26. The van der Waals surface area contributed by atoms with Crippen LogP contribution in [0.15, 0.2) is 6.07 Å². The Morgan fingerprint density at radius 2 is 1.88 bits per heavy atom. The number of nitrogens with one attached hydrogen (secondary N) is 1. The lowest BCUT2D eigenvalue weighted by atomic mass is 9.53. The first-order chi connectivity index (χ1) is 11.3. The zero-order valence-corrected chi connectivity index (χ0v) is 14.2. The van der Waals surface area contributed by atoms with Crippen molar-refractivity contribution in [2.75, 3.05) is 0 Å². The third-order valence-corrected chi connectivity index (χ3v) is 6.27. The van der Waals surface area contributed by atoms with E-state index in [9.17, 15) is 14.9 Å². The average molecular weight is 332 g/mol. The minimum atomic E-state index is -0.535. The van der Waals surface area contributed by atoms with Gasteiger partial charge in [-0.2, -0.15) is 4.68 Å². The zero-order valence-electron chi connectivity index (χ0n) is 14.2. The third-order valence-electron chi connectivity index (χ3n) is 6.27. The number of amides is 1. The molecule has 7 heteroatoms. The molecule has 1 unspecified atom stereocenters. The Kier molecular flexibility index (Phi) is 3.44. The van der Waals surface area contributed by atoms with Gasteiger partial charge in [0.15, 0.2) is 0 Å². The van der Waals surface area contributed by atoms with Gasteiger partial charge in [0.05, 0.1) is 16.9 Å². The maximum atomic E-state index is 12.8. The molecule has 0 aromatic carbocycles. The first-order valence-electron chi connectivity index (χ1n) is 8.88. The highest BCUT2D eigenvalue weighted by Gasteiger charge is 2.51. The summed E-state index contributed by atoms with van der Waals surface area (Å²) in [6.45, 7) is 3.51. The van der Waals surface area contributed by atoms with Gasteiger partial charge < -0.3 is 15.4 Å². The second-order valence-electron chi connectivity index (χ2n) is 8.21. The molecule has 1 aromatic rings. The van der Waals surface area contributed by atoms with Crippen molar-refractivity contribution in [2.24, 2.45) is 17.8 Å². The molecule has 4 fully saturated rings. The van der Waals surface area contributed by atoms with Crippen molar-refractivity contribution in [3.05, 3.63) is 21.9 Å². The Hall–Kier alpha value is -1.92. The third kappa shape index (κ3) is 2.50. The smallest absolute Gasteiger partial charge is 0.358 e. The van der Waals surface area contributed by atoms with E-state index in [0.717, 1.165) is 37.0 Å². The van der Waals surface area contributed by atoms with Crippen LogP contribution in [0.25, 0.3) is 0 Å². The molecule has 1 amide bonds. The van der Waals surface area contributed by atoms with E-state index >= 15 is 0 Å². The zero-order chi connectivity index (χ0) is 17.1. The van der Waals surface area contributed by atoms with Crippen LogP contribution >= 0.6 is 0 Å². The summed E-state index contributed by atoms with van der Waals surface area (Å²) in [4.78, 5) is 23.2. The predicted molar refractivity (Wildman–Crippen MR) is 87.4 cm³/mol. The number of rotatable bonds is 4. The molecule has 4 aliphatic rings. The van der Waals surface area contributed by atoms with Gasteiger partial charge in [-0.1, -0.05) is 0 Å². The van der Waals surface area contributed by atoms with E-state index in [1.165, 1.54) is 30.0 Å². The lowest BCUT2D eigenvalue weighted by Gasteiger charge is -2.57. The Morgan fingerprint density at radius 1 is 1.33 bits per heavy atom. The summed E-state index contributed by atoms with van der Waals surface area (Å²) >= 11 is 0. The summed E-state index contributed by atoms with van der Waals surface area (Å²) in [5, 5.41) is 18.2. The van der Waals surface area contributed by atoms with Crippen LogP contribution in [0.1, 0.15) is 57.2 Å². The highest BCUT2D eigenvalue weighted by atomic mass is 16.6. The fourth-order valence-corrected chi connectivity index (χ4v) is 5.69. The minimum absolute atomic E-state index is 0.0485. The first kappa shape index (κ1) is 15.6. The van der Waals surface area contributed by atoms with Crippen molar-refractivity contribution in [3.8, 4) is 0 Å². The highest BCUT2D eigenvalue weighted by Crippen LogP contribution is 2.55. The molecule has 1 atom stereocenters. The van der Waals surface area contributed by atoms with E-state index < -0.39 is 11.0 Å². The molecule has 1 aromatic heterocycles. The number of carbonyl (C=O) groups excluding carboxylic acids is 1. The number of nitro groups is 1. The van der Waals surface area contributed by atoms with Gasteiger partial charge in [-0.05, 0) is 75.0 Å². The summed E-state index contributed by atoms with van der Waals surface area (Å²) < 4.78 is 1.47. The van der Waals surface area contributed by atoms with Crippen LogP contribution in [0.5, 0.6) is 0 Å². The molecule has 0 aliphatic heterocycles. The monoisotopic (exact) mass is 332 g/mol. The largest absolute Gasteiger partial charge is 0.390 e. The first-order valence-corrected chi connectivity index (χ1v) is 8.88. The van der Waals surface area contributed by atoms with Gasteiger partial charge in [-0.25, -0.2) is 0 Å². The number of carbonyl (C=O) groups is 1. The van der Waals surface area contributed by atoms with Gasteiger partial charge in [0, 0.05) is 5.54 Å². The van der Waals surface area contributed by atoms with Crippen molar-refractivity contribution in [1.82, 2.24) is 15.1 Å². The summed E-state index contributed by atoms with van der Waals surface area (Å²) in [7, 11) is 0. The van der Waals surface area contributed by atoms with Gasteiger partial charge in [0.1, 0.15) is 6.04 Å². The summed E-state index contributed by atoms with van der Waals surface area (Å²) in [5.74, 6) is 2.01. The molecular weight excluding hydrogens is 308 g/mol. The second kappa shape index (κ2) is 5.29. The molecule has 0 saturated heterocycles. The quantitative estimate of drug-likeness (QED) is 0.678. The normalized spacial score (nSPS) is 35.0. The molecule has 24 heavy (non-hydrogen) atoms. The van der Waals surface area contributed by atoms with Gasteiger partial charge in [0.25, 0.3) is 0 Å². The Balaban J connectivity index is 1.51. The van der Waals surface area contributed by atoms with E-state index in [0.29, 0.717) is 5.69 Å². The predicted octanol–water partition coefficient (Wildman–Crippen LogP) is 2.75. The number of aryl methyl sites for hydroxylation is 1. The van der Waals surface area contributed by atoms with E-state index in [1.54, 1.807) is 13.8 Å². The van der Waals surface area contributed by atoms with Crippen molar-refractivity contribution in [2.45, 2.75) is 64.0 Å². The van der Waals surface area contributed by atoms with Crippen LogP contribution in [-0.2, 0) is 4.79 Å². The number of aromatic nitrogens is 2. The summed E-state index contributed by atoms with van der Waals surface area (Å²) in [5.41, 5.74) is 0.586. The minimum Gasteiger partial charge on any atom is -0.358 e. The Labute approximate surface area is 140 Å². The fraction of sp³-hybridized carbons (Fsp3) is 0.765. The number of hydrogen-bond donors (Lipinski definition) is 1. The van der Waals surface area contributed by atoms with Crippen molar-refractivity contribution in [1.29, 1.82) is 0 Å². The lowest BCUT2D eigenvalue weighted by Crippen LogP contribution is -2.60. The molecule has 1 heterocycles. The van der Waals surface area contributed by atoms with Crippen LogP contribution in [0.3, 0.4) is 0 Å². The molecule has 0 spiro atoms. The molecule has 4 aliphatic carbocycles. The molecule has 4 saturated carbocycles. The molecule has 7 nitrogen and oxygen atoms in total. The molecular formula is C17H24N4O3. The molecule has 0 radical (unpaired) electrons. The van der Waals surface area contributed by atoms with E-state index in [1.807, 2.05) is 0 Å². The van der Waals surface area contributed by atoms with Gasteiger partial charge in [-0.3, -0.25) is 4.79 Å². The molecule has 5 rings (SSSR count). The van der Waals surface area contributed by atoms with Gasteiger partial charge >= 0.3 is 5.82 Å². The molecule has 4 bridgehead atoms. The van der Waals surface area contributed by atoms with Crippen LogP contribution in [-0.4, -0.2) is 26.1 Å². The van der Waals surface area contributed by atoms with Gasteiger partial charge in [0.2, 0.25) is 5.91 Å². The molecule has 1 N–H and O–H groups in total. The van der Waals surface area contributed by atoms with Gasteiger partial charge in [-0.15, -0.1) is 0 Å². The summed E-state index contributed by atoms with van der Waals surface area (Å²) in [6, 6.07) is 0.876. The van der Waals surface area contributed by atoms with Crippen LogP contribution < -0.4 is 5.32 Å². The van der Waals surface area contributed by atoms with Crippen molar-refractivity contribution in [3.63, 3.8) is 0 Å². The number of nitrogens with zero attached hydrogens (tertiary/aromatic N) is 3. The average Bonchev–Trinajstić information content (AvgIpc) is 2.86. The van der Waals surface area contributed by atoms with Crippen LogP contribution in [0, 0.1) is 34.8 Å². The highest BCUT2D eigenvalue weighted by molar-refractivity contribution is 5.80.